The van der Waals surface area contributed by atoms with Crippen molar-refractivity contribution in [2.75, 3.05) is 0 Å². The molecule has 3 heteroatoms. The number of fused-ring (bicyclic) bond motifs is 4. The van der Waals surface area contributed by atoms with E-state index in [0.717, 1.165) is 22.3 Å². The Bertz CT molecular complexity index is 640. The number of nitrogens with zero attached hydrogens (tertiary/aromatic N) is 1. The number of aromatic hydroxyl groups is 1. The Morgan fingerprint density at radius 1 is 1.00 bits per heavy atom. The molecule has 0 saturated heterocycles. The second-order valence-electron chi connectivity index (χ2n) is 3.60. The Hall–Kier alpha value is -2.38. The standard InChI is InChI=1S/C13H7NO2/c15-7-14-10-5-6-11(16)13-9-4-2-1-3-8(9)12(10)13/h1-6,16H. The van der Waals surface area contributed by atoms with E-state index in [0.29, 0.717) is 5.69 Å². The maximum absolute atomic E-state index is 10.3. The first-order valence-corrected chi connectivity index (χ1v) is 4.86. The molecule has 0 bridgehead atoms. The van der Waals surface area contributed by atoms with Crippen molar-refractivity contribution in [2.45, 2.75) is 0 Å². The van der Waals surface area contributed by atoms with Crippen LogP contribution in [0.25, 0.3) is 22.3 Å². The molecule has 0 unspecified atom stereocenters. The highest BCUT2D eigenvalue weighted by molar-refractivity contribution is 6.09. The lowest BCUT2D eigenvalue weighted by Gasteiger charge is -2.25. The first-order chi connectivity index (χ1) is 7.83. The molecule has 0 atom stereocenters. The molecule has 0 radical (unpaired) electrons. The first-order valence-electron chi connectivity index (χ1n) is 4.86. The van der Waals surface area contributed by atoms with Crippen LogP contribution in [0.4, 0.5) is 5.69 Å². The molecule has 76 valence electrons. The smallest absolute Gasteiger partial charge is 0.240 e. The summed E-state index contributed by atoms with van der Waals surface area (Å²) in [5.41, 5.74) is 4.17. The van der Waals surface area contributed by atoms with Crippen molar-refractivity contribution in [1.29, 1.82) is 0 Å². The van der Waals surface area contributed by atoms with E-state index in [4.69, 9.17) is 0 Å². The van der Waals surface area contributed by atoms with Crippen LogP contribution in [0.5, 0.6) is 5.75 Å². The average Bonchev–Trinajstić information content (AvgIpc) is 2.27. The third kappa shape index (κ3) is 0.977. The summed E-state index contributed by atoms with van der Waals surface area (Å²) >= 11 is 0. The summed E-state index contributed by atoms with van der Waals surface area (Å²) < 4.78 is 0. The lowest BCUT2D eigenvalue weighted by atomic mass is 9.79. The molecule has 0 amide bonds. The first kappa shape index (κ1) is 8.89. The van der Waals surface area contributed by atoms with Crippen molar-refractivity contribution in [3.63, 3.8) is 0 Å². The second-order valence-corrected chi connectivity index (χ2v) is 3.60. The number of rotatable bonds is 1. The van der Waals surface area contributed by atoms with Crippen LogP contribution >= 0.6 is 0 Å². The fourth-order valence-corrected chi connectivity index (χ4v) is 2.12. The van der Waals surface area contributed by atoms with Crippen LogP contribution in [0.15, 0.2) is 41.4 Å². The van der Waals surface area contributed by atoms with Gasteiger partial charge in [-0.3, -0.25) is 0 Å². The van der Waals surface area contributed by atoms with Gasteiger partial charge in [-0.25, -0.2) is 4.79 Å². The molecular weight excluding hydrogens is 202 g/mol. The van der Waals surface area contributed by atoms with Gasteiger partial charge < -0.3 is 5.11 Å². The number of isocyanates is 1. The van der Waals surface area contributed by atoms with Gasteiger partial charge in [0.15, 0.2) is 0 Å². The number of phenolic OH excluding ortho intramolecular Hbond substituents is 1. The van der Waals surface area contributed by atoms with Gasteiger partial charge in [-0.2, -0.15) is 4.99 Å². The predicted molar refractivity (Wildman–Crippen MR) is 60.3 cm³/mol. The van der Waals surface area contributed by atoms with Crippen LogP contribution < -0.4 is 0 Å². The number of aliphatic imine (C=N–C) groups is 1. The van der Waals surface area contributed by atoms with E-state index in [9.17, 15) is 9.90 Å². The molecule has 0 aromatic heterocycles. The van der Waals surface area contributed by atoms with E-state index in [1.54, 1.807) is 12.1 Å². The molecule has 0 spiro atoms. The van der Waals surface area contributed by atoms with E-state index < -0.39 is 0 Å². The molecular formula is C13H7NO2. The van der Waals surface area contributed by atoms with Crippen molar-refractivity contribution in [1.82, 2.24) is 0 Å². The summed E-state index contributed by atoms with van der Waals surface area (Å²) in [6.07, 6.45) is 1.53. The fourth-order valence-electron chi connectivity index (χ4n) is 2.12. The number of hydrogen-bond acceptors (Lipinski definition) is 3. The van der Waals surface area contributed by atoms with Crippen molar-refractivity contribution < 1.29 is 9.90 Å². The lowest BCUT2D eigenvalue weighted by Crippen LogP contribution is -1.98. The summed E-state index contributed by atoms with van der Waals surface area (Å²) in [5.74, 6) is 0.221. The number of phenols is 1. The Morgan fingerprint density at radius 3 is 2.38 bits per heavy atom. The SMILES string of the molecule is O=C=Nc1ccc(O)c2c1-c1ccccc1-2. The fraction of sp³-hybridized carbons (Fsp3) is 0. The van der Waals surface area contributed by atoms with Crippen LogP contribution in [0.1, 0.15) is 0 Å². The number of hydrogen-bond donors (Lipinski definition) is 1. The van der Waals surface area contributed by atoms with Gasteiger partial charge in [0.25, 0.3) is 0 Å². The van der Waals surface area contributed by atoms with Gasteiger partial charge in [0.1, 0.15) is 5.75 Å². The molecule has 0 saturated carbocycles. The molecule has 0 heterocycles. The molecule has 2 aromatic rings. The largest absolute Gasteiger partial charge is 0.507 e. The van der Waals surface area contributed by atoms with Crippen molar-refractivity contribution in [3.8, 4) is 28.0 Å². The zero-order chi connectivity index (χ0) is 11.1. The Morgan fingerprint density at radius 2 is 1.69 bits per heavy atom. The Balaban J connectivity index is 2.34. The van der Waals surface area contributed by atoms with Crippen molar-refractivity contribution in [2.24, 2.45) is 4.99 Å². The second kappa shape index (κ2) is 3.05. The van der Waals surface area contributed by atoms with Gasteiger partial charge in [-0.15, -0.1) is 0 Å². The summed E-state index contributed by atoms with van der Waals surface area (Å²) in [6, 6.07) is 10.9. The predicted octanol–water partition coefficient (Wildman–Crippen LogP) is 3.01. The third-order valence-corrected chi connectivity index (χ3v) is 2.79. The molecule has 16 heavy (non-hydrogen) atoms. The monoisotopic (exact) mass is 209 g/mol. The van der Waals surface area contributed by atoms with Crippen molar-refractivity contribution in [3.05, 3.63) is 36.4 Å². The maximum atomic E-state index is 10.3. The molecule has 1 aliphatic carbocycles. The van der Waals surface area contributed by atoms with Crippen LogP contribution in [0.2, 0.25) is 0 Å². The molecule has 0 fully saturated rings. The highest BCUT2D eigenvalue weighted by atomic mass is 16.3. The quantitative estimate of drug-likeness (QED) is 0.494. The normalized spacial score (nSPS) is 10.8. The van der Waals surface area contributed by atoms with E-state index >= 15 is 0 Å². The summed E-state index contributed by atoms with van der Waals surface area (Å²) in [4.78, 5) is 13.9. The van der Waals surface area contributed by atoms with Crippen LogP contribution in [-0.4, -0.2) is 11.2 Å². The minimum atomic E-state index is 0.221. The van der Waals surface area contributed by atoms with Crippen molar-refractivity contribution >= 4 is 11.8 Å². The third-order valence-electron chi connectivity index (χ3n) is 2.79. The number of carbonyl (C=O) groups excluding carboxylic acids is 1. The Kier molecular flexibility index (Phi) is 1.70. The summed E-state index contributed by atoms with van der Waals surface area (Å²) in [7, 11) is 0. The van der Waals surface area contributed by atoms with E-state index in [1.165, 1.54) is 6.08 Å². The van der Waals surface area contributed by atoms with Gasteiger partial charge in [0.05, 0.1) is 5.69 Å². The minimum Gasteiger partial charge on any atom is -0.507 e. The van der Waals surface area contributed by atoms with Crippen LogP contribution in [0, 0.1) is 0 Å². The summed E-state index contributed by atoms with van der Waals surface area (Å²) in [5, 5.41) is 9.75. The average molecular weight is 209 g/mol. The van der Waals surface area contributed by atoms with Crippen LogP contribution in [-0.2, 0) is 4.79 Å². The van der Waals surface area contributed by atoms with Gasteiger partial charge in [0, 0.05) is 11.1 Å². The summed E-state index contributed by atoms with van der Waals surface area (Å²) in [6.45, 7) is 0. The minimum absolute atomic E-state index is 0.221. The zero-order valence-electron chi connectivity index (χ0n) is 8.27. The number of benzene rings is 2. The van der Waals surface area contributed by atoms with Gasteiger partial charge in [0.2, 0.25) is 6.08 Å². The molecule has 3 rings (SSSR count). The topological polar surface area (TPSA) is 49.7 Å². The van der Waals surface area contributed by atoms with Gasteiger partial charge >= 0.3 is 0 Å². The Labute approximate surface area is 91.7 Å². The van der Waals surface area contributed by atoms with E-state index in [-0.39, 0.29) is 5.75 Å². The van der Waals surface area contributed by atoms with E-state index in [1.807, 2.05) is 24.3 Å². The maximum Gasteiger partial charge on any atom is 0.240 e. The molecule has 3 nitrogen and oxygen atoms in total. The van der Waals surface area contributed by atoms with Crippen LogP contribution in [0.3, 0.4) is 0 Å². The lowest BCUT2D eigenvalue weighted by molar-refractivity contribution is 0.477. The molecule has 0 aliphatic heterocycles. The zero-order valence-corrected chi connectivity index (χ0v) is 8.27. The van der Waals surface area contributed by atoms with Gasteiger partial charge in [-0.05, 0) is 23.3 Å². The molecule has 1 aliphatic rings. The van der Waals surface area contributed by atoms with Gasteiger partial charge in [-0.1, -0.05) is 24.3 Å². The van der Waals surface area contributed by atoms with E-state index in [2.05, 4.69) is 4.99 Å². The highest BCUT2D eigenvalue weighted by Crippen LogP contribution is 2.55. The highest BCUT2D eigenvalue weighted by Gasteiger charge is 2.27. The molecule has 1 N–H and O–H groups in total. The molecule has 2 aromatic carbocycles.